The van der Waals surface area contributed by atoms with Gasteiger partial charge in [-0.15, -0.1) is 10.2 Å². The van der Waals surface area contributed by atoms with Gasteiger partial charge in [-0.2, -0.15) is 0 Å². The predicted molar refractivity (Wildman–Crippen MR) is 66.5 cm³/mol. The van der Waals surface area contributed by atoms with E-state index in [1.165, 1.54) is 6.26 Å². The Morgan fingerprint density at radius 2 is 2.25 bits per heavy atom. The van der Waals surface area contributed by atoms with Gasteiger partial charge in [-0.1, -0.05) is 0 Å². The average molecular weight is 273 g/mol. The molecule has 0 aromatic carbocycles. The van der Waals surface area contributed by atoms with Crippen LogP contribution in [-0.2, 0) is 18.4 Å². The molecule has 3 rings (SSSR count). The van der Waals surface area contributed by atoms with E-state index in [0.29, 0.717) is 11.5 Å². The molecular formula is C13H11N3O4. The molecule has 3 aromatic rings. The largest absolute Gasteiger partial charge is 0.459 e. The molecule has 0 amide bonds. The lowest BCUT2D eigenvalue weighted by Gasteiger charge is -2.02. The maximum absolute atomic E-state index is 11.8. The minimum Gasteiger partial charge on any atom is -0.459 e. The highest BCUT2D eigenvalue weighted by Gasteiger charge is 2.14. The maximum Gasteiger partial charge on any atom is 0.355 e. The molecule has 0 aliphatic heterocycles. The van der Waals surface area contributed by atoms with Crippen LogP contribution >= 0.6 is 0 Å². The van der Waals surface area contributed by atoms with Gasteiger partial charge in [0.25, 0.3) is 11.8 Å². The number of esters is 1. The molecule has 3 heterocycles. The van der Waals surface area contributed by atoms with Gasteiger partial charge in [0.2, 0.25) is 0 Å². The Labute approximate surface area is 113 Å². The van der Waals surface area contributed by atoms with Crippen LogP contribution in [0.4, 0.5) is 0 Å². The van der Waals surface area contributed by atoms with E-state index in [2.05, 4.69) is 10.2 Å². The molecule has 0 fully saturated rings. The Hall–Kier alpha value is -2.83. The Morgan fingerprint density at radius 3 is 2.95 bits per heavy atom. The van der Waals surface area contributed by atoms with E-state index in [0.717, 1.165) is 0 Å². The van der Waals surface area contributed by atoms with Gasteiger partial charge in [-0.25, -0.2) is 4.79 Å². The second-order valence-corrected chi connectivity index (χ2v) is 4.06. The molecule has 0 saturated heterocycles. The van der Waals surface area contributed by atoms with Crippen molar-refractivity contribution >= 4 is 5.97 Å². The van der Waals surface area contributed by atoms with Crippen LogP contribution in [0.25, 0.3) is 11.7 Å². The number of aromatic nitrogens is 3. The number of rotatable bonds is 4. The number of hydrogen-bond donors (Lipinski definition) is 0. The number of hydrogen-bond acceptors (Lipinski definition) is 6. The van der Waals surface area contributed by atoms with Crippen molar-refractivity contribution < 1.29 is 18.4 Å². The Morgan fingerprint density at radius 1 is 1.35 bits per heavy atom. The SMILES string of the molecule is Cn1cccc1C(=O)OCc1nnc(-c2ccco2)o1. The summed E-state index contributed by atoms with van der Waals surface area (Å²) < 4.78 is 17.2. The minimum atomic E-state index is -0.449. The molecule has 0 aliphatic carbocycles. The molecule has 0 bridgehead atoms. The van der Waals surface area contributed by atoms with Gasteiger partial charge >= 0.3 is 5.97 Å². The standard InChI is InChI=1S/C13H11N3O4/c1-16-6-2-4-9(16)13(17)19-8-11-14-15-12(20-11)10-5-3-7-18-10/h2-7H,8H2,1H3. The van der Waals surface area contributed by atoms with Crippen molar-refractivity contribution in [3.8, 4) is 11.7 Å². The molecule has 0 aliphatic rings. The van der Waals surface area contributed by atoms with Crippen LogP contribution in [0.2, 0.25) is 0 Å². The zero-order chi connectivity index (χ0) is 13.9. The van der Waals surface area contributed by atoms with Crippen molar-refractivity contribution in [2.24, 2.45) is 7.05 Å². The van der Waals surface area contributed by atoms with Crippen molar-refractivity contribution in [1.82, 2.24) is 14.8 Å². The molecule has 102 valence electrons. The lowest BCUT2D eigenvalue weighted by Crippen LogP contribution is -2.09. The van der Waals surface area contributed by atoms with Gasteiger partial charge in [0.05, 0.1) is 6.26 Å². The smallest absolute Gasteiger partial charge is 0.355 e. The quantitative estimate of drug-likeness (QED) is 0.676. The second kappa shape index (κ2) is 5.04. The fourth-order valence-electron chi connectivity index (χ4n) is 1.69. The lowest BCUT2D eigenvalue weighted by atomic mass is 10.4. The van der Waals surface area contributed by atoms with E-state index in [1.807, 2.05) is 0 Å². The third kappa shape index (κ3) is 2.33. The number of ether oxygens (including phenoxy) is 1. The van der Waals surface area contributed by atoms with Gasteiger partial charge in [-0.05, 0) is 24.3 Å². The molecule has 0 N–H and O–H groups in total. The number of aryl methyl sites for hydroxylation is 1. The van der Waals surface area contributed by atoms with Gasteiger partial charge in [-0.3, -0.25) is 0 Å². The van der Waals surface area contributed by atoms with E-state index in [1.54, 1.807) is 42.1 Å². The maximum atomic E-state index is 11.8. The Kier molecular flexibility index (Phi) is 3.08. The van der Waals surface area contributed by atoms with E-state index in [4.69, 9.17) is 13.6 Å². The molecule has 20 heavy (non-hydrogen) atoms. The van der Waals surface area contributed by atoms with Crippen molar-refractivity contribution in [3.05, 3.63) is 48.3 Å². The van der Waals surface area contributed by atoms with Crippen LogP contribution in [0.5, 0.6) is 0 Å². The summed E-state index contributed by atoms with van der Waals surface area (Å²) in [5.41, 5.74) is 0.454. The molecule has 0 radical (unpaired) electrons. The summed E-state index contributed by atoms with van der Waals surface area (Å²) in [5, 5.41) is 7.60. The summed E-state index contributed by atoms with van der Waals surface area (Å²) in [6, 6.07) is 6.85. The molecule has 0 atom stereocenters. The van der Waals surface area contributed by atoms with E-state index in [-0.39, 0.29) is 18.4 Å². The Bertz CT molecular complexity index is 712. The molecular weight excluding hydrogens is 262 g/mol. The number of nitrogens with zero attached hydrogens (tertiary/aromatic N) is 3. The summed E-state index contributed by atoms with van der Waals surface area (Å²) in [4.78, 5) is 11.8. The zero-order valence-electron chi connectivity index (χ0n) is 10.6. The number of carbonyl (C=O) groups excluding carboxylic acids is 1. The Balaban J connectivity index is 1.65. The first-order valence-electron chi connectivity index (χ1n) is 5.89. The molecule has 0 saturated carbocycles. The van der Waals surface area contributed by atoms with Crippen LogP contribution < -0.4 is 0 Å². The van der Waals surface area contributed by atoms with Gasteiger partial charge in [0.1, 0.15) is 5.69 Å². The second-order valence-electron chi connectivity index (χ2n) is 4.06. The summed E-state index contributed by atoms with van der Waals surface area (Å²) in [7, 11) is 1.76. The van der Waals surface area contributed by atoms with Crippen LogP contribution in [-0.4, -0.2) is 20.7 Å². The highest BCUT2D eigenvalue weighted by molar-refractivity contribution is 5.87. The van der Waals surface area contributed by atoms with E-state index < -0.39 is 5.97 Å². The molecule has 3 aromatic heterocycles. The van der Waals surface area contributed by atoms with E-state index in [9.17, 15) is 4.79 Å². The first-order valence-corrected chi connectivity index (χ1v) is 5.89. The van der Waals surface area contributed by atoms with Crippen molar-refractivity contribution in [2.45, 2.75) is 6.61 Å². The van der Waals surface area contributed by atoms with Crippen LogP contribution in [0.15, 0.2) is 45.6 Å². The highest BCUT2D eigenvalue weighted by atomic mass is 16.5. The monoisotopic (exact) mass is 273 g/mol. The zero-order valence-corrected chi connectivity index (χ0v) is 10.6. The average Bonchev–Trinajstić information content (AvgIpc) is 3.16. The van der Waals surface area contributed by atoms with Gasteiger partial charge in [0.15, 0.2) is 12.4 Å². The highest BCUT2D eigenvalue weighted by Crippen LogP contribution is 2.18. The predicted octanol–water partition coefficient (Wildman–Crippen LogP) is 2.03. The normalized spacial score (nSPS) is 10.7. The van der Waals surface area contributed by atoms with Crippen LogP contribution in [0.1, 0.15) is 16.4 Å². The molecule has 7 heteroatoms. The topological polar surface area (TPSA) is 83.3 Å². The summed E-state index contributed by atoms with van der Waals surface area (Å²) >= 11 is 0. The van der Waals surface area contributed by atoms with Gasteiger partial charge in [0, 0.05) is 13.2 Å². The molecule has 0 spiro atoms. The summed E-state index contributed by atoms with van der Waals surface area (Å²) in [6.45, 7) is -0.0856. The van der Waals surface area contributed by atoms with E-state index >= 15 is 0 Å². The lowest BCUT2D eigenvalue weighted by molar-refractivity contribution is 0.0427. The fraction of sp³-hybridized carbons (Fsp3) is 0.154. The van der Waals surface area contributed by atoms with Crippen molar-refractivity contribution in [3.63, 3.8) is 0 Å². The first-order chi connectivity index (χ1) is 9.74. The van der Waals surface area contributed by atoms with Gasteiger partial charge < -0.3 is 18.1 Å². The fourth-order valence-corrected chi connectivity index (χ4v) is 1.69. The summed E-state index contributed by atoms with van der Waals surface area (Å²) in [5.74, 6) is 0.478. The van der Waals surface area contributed by atoms with Crippen molar-refractivity contribution in [2.75, 3.05) is 0 Å². The molecule has 0 unspecified atom stereocenters. The molecule has 7 nitrogen and oxygen atoms in total. The first kappa shape index (κ1) is 12.2. The third-order valence-electron chi connectivity index (χ3n) is 2.68. The number of carbonyl (C=O) groups is 1. The summed E-state index contributed by atoms with van der Waals surface area (Å²) in [6.07, 6.45) is 3.27. The van der Waals surface area contributed by atoms with Crippen molar-refractivity contribution in [1.29, 1.82) is 0 Å². The van der Waals surface area contributed by atoms with Crippen LogP contribution in [0.3, 0.4) is 0 Å². The minimum absolute atomic E-state index is 0.0856. The third-order valence-corrected chi connectivity index (χ3v) is 2.68. The number of furan rings is 1. The van der Waals surface area contributed by atoms with Crippen LogP contribution in [0, 0.1) is 0 Å².